The summed E-state index contributed by atoms with van der Waals surface area (Å²) in [6, 6.07) is 3.56. The molecule has 5 heteroatoms. The highest BCUT2D eigenvalue weighted by atomic mass is 19.1. The second-order valence-electron chi connectivity index (χ2n) is 5.48. The first-order valence-corrected chi connectivity index (χ1v) is 7.01. The summed E-state index contributed by atoms with van der Waals surface area (Å²) in [6.45, 7) is 2.75. The molecule has 1 amide bonds. The maximum atomic E-state index is 13.5. The van der Waals surface area contributed by atoms with Crippen LogP contribution in [0.3, 0.4) is 0 Å². The standard InChI is InChI=1S/C15H21FN2O2/c1-18-8-2-3-11(10-18)6-7-17-15(20)13-5-4-12(19)9-14(13)16/h4-5,9,11,19H,2-3,6-8,10H2,1H3,(H,17,20)/t11-/m1/s1. The van der Waals surface area contributed by atoms with Gasteiger partial charge in [-0.2, -0.15) is 0 Å². The fourth-order valence-corrected chi connectivity index (χ4v) is 2.68. The smallest absolute Gasteiger partial charge is 0.254 e. The first-order chi connectivity index (χ1) is 9.56. The quantitative estimate of drug-likeness (QED) is 0.887. The van der Waals surface area contributed by atoms with Gasteiger partial charge >= 0.3 is 0 Å². The predicted octanol–water partition coefficient (Wildman–Crippen LogP) is 1.99. The minimum atomic E-state index is -0.695. The highest BCUT2D eigenvalue weighted by Crippen LogP contribution is 2.18. The van der Waals surface area contributed by atoms with Crippen LogP contribution in [-0.4, -0.2) is 42.6 Å². The number of aromatic hydroxyl groups is 1. The number of benzene rings is 1. The molecule has 1 aliphatic heterocycles. The molecule has 1 aromatic rings. The Labute approximate surface area is 118 Å². The van der Waals surface area contributed by atoms with E-state index in [9.17, 15) is 9.18 Å². The largest absolute Gasteiger partial charge is 0.508 e. The molecule has 0 bridgehead atoms. The van der Waals surface area contributed by atoms with Gasteiger partial charge in [0.1, 0.15) is 11.6 Å². The Morgan fingerprint density at radius 2 is 2.35 bits per heavy atom. The van der Waals surface area contributed by atoms with Crippen molar-refractivity contribution in [3.05, 3.63) is 29.6 Å². The van der Waals surface area contributed by atoms with Crippen LogP contribution in [0.2, 0.25) is 0 Å². The second-order valence-corrected chi connectivity index (χ2v) is 5.48. The van der Waals surface area contributed by atoms with Crippen LogP contribution in [0.1, 0.15) is 29.6 Å². The van der Waals surface area contributed by atoms with Gasteiger partial charge in [0.15, 0.2) is 0 Å². The monoisotopic (exact) mass is 280 g/mol. The molecule has 0 spiro atoms. The zero-order chi connectivity index (χ0) is 14.5. The Morgan fingerprint density at radius 3 is 3.05 bits per heavy atom. The Hall–Kier alpha value is -1.62. The number of phenolic OH excluding ortho intramolecular Hbond substituents is 1. The number of phenols is 1. The van der Waals surface area contributed by atoms with Gasteiger partial charge in [-0.3, -0.25) is 4.79 Å². The van der Waals surface area contributed by atoms with Crippen molar-refractivity contribution < 1.29 is 14.3 Å². The van der Waals surface area contributed by atoms with Crippen LogP contribution in [0.4, 0.5) is 4.39 Å². The third-order valence-corrected chi connectivity index (χ3v) is 3.76. The van der Waals surface area contributed by atoms with Crippen LogP contribution in [0.5, 0.6) is 5.75 Å². The lowest BCUT2D eigenvalue weighted by atomic mass is 9.95. The van der Waals surface area contributed by atoms with E-state index < -0.39 is 11.7 Å². The maximum absolute atomic E-state index is 13.5. The van der Waals surface area contributed by atoms with Gasteiger partial charge in [0.2, 0.25) is 0 Å². The summed E-state index contributed by atoms with van der Waals surface area (Å²) >= 11 is 0. The van der Waals surface area contributed by atoms with Gasteiger partial charge in [0.25, 0.3) is 5.91 Å². The van der Waals surface area contributed by atoms with E-state index in [1.807, 2.05) is 0 Å². The highest BCUT2D eigenvalue weighted by molar-refractivity contribution is 5.94. The molecule has 2 rings (SSSR count). The number of nitrogens with one attached hydrogen (secondary N) is 1. The highest BCUT2D eigenvalue weighted by Gasteiger charge is 2.17. The van der Waals surface area contributed by atoms with E-state index in [0.29, 0.717) is 12.5 Å². The molecule has 0 radical (unpaired) electrons. The molecule has 1 saturated heterocycles. The lowest BCUT2D eigenvalue weighted by Gasteiger charge is -2.29. The molecule has 1 fully saturated rings. The molecule has 0 saturated carbocycles. The van der Waals surface area contributed by atoms with Gasteiger partial charge in [-0.15, -0.1) is 0 Å². The van der Waals surface area contributed by atoms with Gasteiger partial charge in [0, 0.05) is 19.2 Å². The van der Waals surface area contributed by atoms with Crippen LogP contribution < -0.4 is 5.32 Å². The molecule has 0 unspecified atom stereocenters. The van der Waals surface area contributed by atoms with E-state index in [0.717, 1.165) is 25.6 Å². The van der Waals surface area contributed by atoms with E-state index in [1.54, 1.807) is 0 Å². The Kier molecular flexibility index (Phi) is 4.95. The first-order valence-electron chi connectivity index (χ1n) is 7.01. The number of likely N-dealkylation sites (tertiary alicyclic amines) is 1. The number of carbonyl (C=O) groups is 1. The maximum Gasteiger partial charge on any atom is 0.254 e. The van der Waals surface area contributed by atoms with Crippen LogP contribution in [0.25, 0.3) is 0 Å². The van der Waals surface area contributed by atoms with Gasteiger partial charge < -0.3 is 15.3 Å². The van der Waals surface area contributed by atoms with Crippen molar-refractivity contribution in [1.82, 2.24) is 10.2 Å². The molecule has 0 aliphatic carbocycles. The zero-order valence-corrected chi connectivity index (χ0v) is 11.7. The molecule has 4 nitrogen and oxygen atoms in total. The number of hydrogen-bond acceptors (Lipinski definition) is 3. The van der Waals surface area contributed by atoms with Crippen molar-refractivity contribution in [1.29, 1.82) is 0 Å². The molecule has 1 aromatic carbocycles. The molecule has 1 aliphatic rings. The van der Waals surface area contributed by atoms with E-state index in [1.165, 1.54) is 25.0 Å². The predicted molar refractivity (Wildman–Crippen MR) is 75.2 cm³/mol. The Balaban J connectivity index is 1.80. The molecular weight excluding hydrogens is 259 g/mol. The first kappa shape index (κ1) is 14.8. The van der Waals surface area contributed by atoms with Crippen molar-refractivity contribution >= 4 is 5.91 Å². The summed E-state index contributed by atoms with van der Waals surface area (Å²) in [6.07, 6.45) is 3.30. The summed E-state index contributed by atoms with van der Waals surface area (Å²) in [4.78, 5) is 14.1. The summed E-state index contributed by atoms with van der Waals surface area (Å²) < 4.78 is 13.5. The van der Waals surface area contributed by atoms with Gasteiger partial charge in [-0.1, -0.05) is 0 Å². The van der Waals surface area contributed by atoms with Crippen molar-refractivity contribution in [3.8, 4) is 5.75 Å². The SMILES string of the molecule is CN1CCC[C@H](CCNC(=O)c2ccc(O)cc2F)C1. The van der Waals surface area contributed by atoms with Crippen molar-refractivity contribution in [2.45, 2.75) is 19.3 Å². The number of amides is 1. The third-order valence-electron chi connectivity index (χ3n) is 3.76. The van der Waals surface area contributed by atoms with E-state index in [4.69, 9.17) is 5.11 Å². The fourth-order valence-electron chi connectivity index (χ4n) is 2.68. The normalized spacial score (nSPS) is 19.8. The van der Waals surface area contributed by atoms with Crippen LogP contribution in [0.15, 0.2) is 18.2 Å². The average Bonchev–Trinajstić information content (AvgIpc) is 2.38. The zero-order valence-electron chi connectivity index (χ0n) is 11.7. The number of nitrogens with zero attached hydrogens (tertiary/aromatic N) is 1. The number of hydrogen-bond donors (Lipinski definition) is 2. The Morgan fingerprint density at radius 1 is 1.55 bits per heavy atom. The fraction of sp³-hybridized carbons (Fsp3) is 0.533. The minimum Gasteiger partial charge on any atom is -0.508 e. The molecular formula is C15H21FN2O2. The van der Waals surface area contributed by atoms with Crippen molar-refractivity contribution in [3.63, 3.8) is 0 Å². The molecule has 20 heavy (non-hydrogen) atoms. The van der Waals surface area contributed by atoms with E-state index in [-0.39, 0.29) is 11.3 Å². The lowest BCUT2D eigenvalue weighted by Crippen LogP contribution is -2.34. The van der Waals surface area contributed by atoms with Gasteiger partial charge in [-0.05, 0) is 50.9 Å². The summed E-state index contributed by atoms with van der Waals surface area (Å²) in [7, 11) is 2.11. The molecule has 0 aromatic heterocycles. The Bertz CT molecular complexity index is 479. The van der Waals surface area contributed by atoms with Gasteiger partial charge in [0.05, 0.1) is 5.56 Å². The number of piperidine rings is 1. The van der Waals surface area contributed by atoms with Crippen LogP contribution in [0, 0.1) is 11.7 Å². The van der Waals surface area contributed by atoms with Crippen molar-refractivity contribution in [2.24, 2.45) is 5.92 Å². The molecule has 1 atom stereocenters. The van der Waals surface area contributed by atoms with Gasteiger partial charge in [-0.25, -0.2) is 4.39 Å². The number of rotatable bonds is 4. The third kappa shape index (κ3) is 3.93. The number of carbonyl (C=O) groups excluding carboxylic acids is 1. The molecule has 110 valence electrons. The van der Waals surface area contributed by atoms with Crippen molar-refractivity contribution in [2.75, 3.05) is 26.7 Å². The lowest BCUT2D eigenvalue weighted by molar-refractivity contribution is 0.0944. The minimum absolute atomic E-state index is 0.0245. The topological polar surface area (TPSA) is 52.6 Å². The summed E-state index contributed by atoms with van der Waals surface area (Å²) in [5.74, 6) is -0.699. The average molecular weight is 280 g/mol. The summed E-state index contributed by atoms with van der Waals surface area (Å²) in [5, 5.41) is 11.9. The molecule has 1 heterocycles. The molecule has 2 N–H and O–H groups in total. The van der Waals surface area contributed by atoms with E-state index >= 15 is 0 Å². The van der Waals surface area contributed by atoms with Crippen LogP contribution >= 0.6 is 0 Å². The number of halogens is 1. The van der Waals surface area contributed by atoms with E-state index in [2.05, 4.69) is 17.3 Å². The van der Waals surface area contributed by atoms with Crippen LogP contribution in [-0.2, 0) is 0 Å². The summed E-state index contributed by atoms with van der Waals surface area (Å²) in [5.41, 5.74) is -0.0245. The second kappa shape index (κ2) is 6.70.